The number of rotatable bonds is 7. The minimum atomic E-state index is -4.07. The van der Waals surface area contributed by atoms with Gasteiger partial charge in [0.25, 0.3) is 0 Å². The van der Waals surface area contributed by atoms with E-state index in [-0.39, 0.29) is 28.1 Å². The first-order chi connectivity index (χ1) is 21.6. The number of benzene rings is 1. The molecule has 2 aromatic heterocycles. The van der Waals surface area contributed by atoms with Crippen LogP contribution in [0.5, 0.6) is 0 Å². The van der Waals surface area contributed by atoms with Crippen molar-refractivity contribution in [1.82, 2.24) is 14.2 Å². The van der Waals surface area contributed by atoms with Crippen LogP contribution in [-0.4, -0.2) is 90.8 Å². The number of amides is 2. The van der Waals surface area contributed by atoms with Crippen LogP contribution in [-0.2, 0) is 19.6 Å². The summed E-state index contributed by atoms with van der Waals surface area (Å²) < 4.78 is 29.1. The number of sulfonamides is 1. The van der Waals surface area contributed by atoms with Gasteiger partial charge in [0.2, 0.25) is 21.8 Å². The number of pyridine rings is 1. The van der Waals surface area contributed by atoms with Gasteiger partial charge in [-0.2, -0.15) is 4.31 Å². The third kappa shape index (κ3) is 6.34. The smallest absolute Gasteiger partial charge is 0.348 e. The number of thiophene rings is 1. The quantitative estimate of drug-likeness (QED) is 0.403. The van der Waals surface area contributed by atoms with Gasteiger partial charge >= 0.3 is 5.97 Å². The number of carboxylic acid groups (broad SMARTS) is 1. The van der Waals surface area contributed by atoms with Crippen LogP contribution in [0.2, 0.25) is 0 Å². The third-order valence-electron chi connectivity index (χ3n) is 9.13. The highest BCUT2D eigenvalue weighted by Crippen LogP contribution is 2.42. The molecule has 11 nitrogen and oxygen atoms in total. The van der Waals surface area contributed by atoms with E-state index in [1.165, 1.54) is 16.6 Å². The van der Waals surface area contributed by atoms with Crippen LogP contribution in [0.25, 0.3) is 10.4 Å². The summed E-state index contributed by atoms with van der Waals surface area (Å²) in [7, 11) is -4.07. The molecule has 13 heteroatoms. The minimum absolute atomic E-state index is 0.00499. The van der Waals surface area contributed by atoms with Gasteiger partial charge in [0.1, 0.15) is 15.6 Å². The molecule has 1 saturated carbocycles. The second kappa shape index (κ2) is 12.9. The fourth-order valence-corrected chi connectivity index (χ4v) is 9.06. The van der Waals surface area contributed by atoms with Crippen LogP contribution in [0.3, 0.4) is 0 Å². The number of carbonyl (C=O) groups is 3. The van der Waals surface area contributed by atoms with Crippen molar-refractivity contribution in [2.75, 3.05) is 49.1 Å². The zero-order valence-corrected chi connectivity index (χ0v) is 26.8. The molecule has 3 aliphatic rings. The van der Waals surface area contributed by atoms with Gasteiger partial charge in [0.15, 0.2) is 0 Å². The number of carboxylic acids is 1. The Morgan fingerprint density at radius 3 is 2.31 bits per heavy atom. The van der Waals surface area contributed by atoms with E-state index in [4.69, 9.17) is 0 Å². The summed E-state index contributed by atoms with van der Waals surface area (Å²) >= 11 is 1.13. The lowest BCUT2D eigenvalue weighted by atomic mass is 9.82. The van der Waals surface area contributed by atoms with Crippen LogP contribution < -0.4 is 9.80 Å². The maximum absolute atomic E-state index is 14.0. The zero-order valence-electron chi connectivity index (χ0n) is 25.2. The van der Waals surface area contributed by atoms with Crippen molar-refractivity contribution in [3.63, 3.8) is 0 Å². The molecule has 6 rings (SSSR count). The highest BCUT2D eigenvalue weighted by molar-refractivity contribution is 7.89. The summed E-state index contributed by atoms with van der Waals surface area (Å²) in [5.74, 6) is -0.854. The number of piperazine rings is 2. The van der Waals surface area contributed by atoms with Crippen molar-refractivity contribution >= 4 is 50.6 Å². The van der Waals surface area contributed by atoms with Crippen molar-refractivity contribution in [3.8, 4) is 10.4 Å². The number of anilines is 2. The Kier molecular flexibility index (Phi) is 8.94. The van der Waals surface area contributed by atoms with Gasteiger partial charge in [0.05, 0.1) is 18.3 Å². The standard InChI is InChI=1S/C32H37N5O6S2/c1-22(38)34-14-16-35(17-15-34)29-13-12-25(19-33-29)45(42,43)36-20-27(23-8-4-2-5-9-23)37(30(39)21-36)26-18-28(44-31(26)32(40)41)24-10-6-3-7-11-24/h3,6-7,10-13,18-19,23,27H,2,4-5,8-9,14-17,20-21H2,1H3,(H,40,41). The number of carbonyl (C=O) groups excluding carboxylic acids is 2. The molecule has 1 aromatic carbocycles. The summed E-state index contributed by atoms with van der Waals surface area (Å²) in [6, 6.07) is 13.9. The second-order valence-electron chi connectivity index (χ2n) is 11.9. The first-order valence-corrected chi connectivity index (χ1v) is 17.6. The molecule has 1 aliphatic carbocycles. The monoisotopic (exact) mass is 651 g/mol. The van der Waals surface area contributed by atoms with Crippen molar-refractivity contribution in [1.29, 1.82) is 0 Å². The summed E-state index contributed by atoms with van der Waals surface area (Å²) in [4.78, 5) is 48.7. The number of aromatic carboxylic acids is 1. The molecule has 45 heavy (non-hydrogen) atoms. The van der Waals surface area contributed by atoms with E-state index in [2.05, 4.69) is 4.98 Å². The fraction of sp³-hybridized carbons (Fsp3) is 0.438. The minimum Gasteiger partial charge on any atom is -0.477 e. The average Bonchev–Trinajstić information content (AvgIpc) is 3.51. The van der Waals surface area contributed by atoms with E-state index >= 15 is 0 Å². The molecule has 238 valence electrons. The van der Waals surface area contributed by atoms with Gasteiger partial charge in [-0.05, 0) is 42.5 Å². The van der Waals surface area contributed by atoms with Crippen LogP contribution in [0.1, 0.15) is 48.7 Å². The first-order valence-electron chi connectivity index (χ1n) is 15.3. The SMILES string of the molecule is CC(=O)N1CCN(c2ccc(S(=O)(=O)N3CC(=O)N(c4cc(-c5ccccc5)sc4C(=O)O)C(C4CCCCC4)C3)cn2)CC1. The number of nitrogens with zero attached hydrogens (tertiary/aromatic N) is 5. The van der Waals surface area contributed by atoms with Crippen molar-refractivity contribution in [3.05, 3.63) is 59.6 Å². The molecular weight excluding hydrogens is 615 g/mol. The van der Waals surface area contributed by atoms with Gasteiger partial charge < -0.3 is 19.8 Å². The lowest BCUT2D eigenvalue weighted by molar-refractivity contribution is -0.129. The third-order valence-corrected chi connectivity index (χ3v) is 12.1. The van der Waals surface area contributed by atoms with Crippen molar-refractivity contribution in [2.24, 2.45) is 5.92 Å². The molecule has 0 radical (unpaired) electrons. The van der Waals surface area contributed by atoms with Crippen LogP contribution in [0.15, 0.2) is 59.6 Å². The van der Waals surface area contributed by atoms with Gasteiger partial charge in [-0.25, -0.2) is 18.2 Å². The van der Waals surface area contributed by atoms with Crippen LogP contribution >= 0.6 is 11.3 Å². The molecule has 2 saturated heterocycles. The summed E-state index contributed by atoms with van der Waals surface area (Å²) in [6.45, 7) is 3.58. The fourth-order valence-electron chi connectivity index (χ4n) is 6.71. The molecule has 3 fully saturated rings. The first kappa shape index (κ1) is 31.2. The molecule has 0 spiro atoms. The Labute approximate surface area is 267 Å². The van der Waals surface area contributed by atoms with Gasteiger partial charge in [0, 0.05) is 50.7 Å². The van der Waals surface area contributed by atoms with Gasteiger partial charge in [-0.1, -0.05) is 49.6 Å². The summed E-state index contributed by atoms with van der Waals surface area (Å²) in [5.41, 5.74) is 1.19. The Morgan fingerprint density at radius 2 is 1.69 bits per heavy atom. The van der Waals surface area contributed by atoms with Crippen molar-refractivity contribution in [2.45, 2.75) is 50.0 Å². The Bertz CT molecular complexity index is 1660. The Balaban J connectivity index is 1.28. The van der Waals surface area contributed by atoms with Gasteiger partial charge in [-0.15, -0.1) is 11.3 Å². The summed E-state index contributed by atoms with van der Waals surface area (Å²) in [5, 5.41) is 10.2. The maximum Gasteiger partial charge on any atom is 0.348 e. The lowest BCUT2D eigenvalue weighted by Crippen LogP contribution is -2.60. The predicted octanol–water partition coefficient (Wildman–Crippen LogP) is 4.16. The highest BCUT2D eigenvalue weighted by Gasteiger charge is 2.44. The molecule has 0 bridgehead atoms. The highest BCUT2D eigenvalue weighted by atomic mass is 32.2. The van der Waals surface area contributed by atoms with E-state index in [0.29, 0.717) is 37.7 Å². The molecule has 3 aromatic rings. The molecule has 1 unspecified atom stereocenters. The topological polar surface area (TPSA) is 131 Å². The normalized spacial score (nSPS) is 20.4. The second-order valence-corrected chi connectivity index (χ2v) is 14.9. The van der Waals surface area contributed by atoms with Crippen LogP contribution in [0.4, 0.5) is 11.5 Å². The number of aromatic nitrogens is 1. The lowest BCUT2D eigenvalue weighted by Gasteiger charge is -2.44. The maximum atomic E-state index is 14.0. The van der Waals surface area contributed by atoms with Crippen molar-refractivity contribution < 1.29 is 27.9 Å². The molecule has 1 atom stereocenters. The van der Waals surface area contributed by atoms with E-state index in [0.717, 1.165) is 53.9 Å². The molecule has 4 heterocycles. The molecule has 1 N–H and O–H groups in total. The van der Waals surface area contributed by atoms with E-state index < -0.39 is 34.5 Å². The van der Waals surface area contributed by atoms with Gasteiger partial charge in [-0.3, -0.25) is 9.59 Å². The predicted molar refractivity (Wildman–Crippen MR) is 172 cm³/mol. The molecule has 2 aliphatic heterocycles. The van der Waals surface area contributed by atoms with E-state index in [1.807, 2.05) is 35.2 Å². The zero-order chi connectivity index (χ0) is 31.7. The average molecular weight is 652 g/mol. The van der Waals surface area contributed by atoms with Crippen LogP contribution in [0, 0.1) is 5.92 Å². The Morgan fingerprint density at radius 1 is 0.978 bits per heavy atom. The van der Waals surface area contributed by atoms with E-state index in [9.17, 15) is 27.9 Å². The van der Waals surface area contributed by atoms with E-state index in [1.54, 1.807) is 28.9 Å². The molecular formula is C32H37N5O6S2. The number of hydrogen-bond acceptors (Lipinski definition) is 8. The number of hydrogen-bond donors (Lipinski definition) is 1. The Hall–Kier alpha value is -3.81. The summed E-state index contributed by atoms with van der Waals surface area (Å²) in [6.07, 6.45) is 6.06. The largest absolute Gasteiger partial charge is 0.477 e. The molecule has 2 amide bonds.